The standard InChI is InChI=1S/C10H16BNO2/c1-4-12-8-5-10(3,6-13)11-9(14)7(8)2/h4,11,13H,5-6H2,1-3H3/b12-4-. The van der Waals surface area contributed by atoms with Crippen molar-refractivity contribution in [2.45, 2.75) is 32.5 Å². The summed E-state index contributed by atoms with van der Waals surface area (Å²) in [6.45, 7) is 5.59. The van der Waals surface area contributed by atoms with Crippen molar-refractivity contribution in [1.29, 1.82) is 0 Å². The van der Waals surface area contributed by atoms with E-state index in [9.17, 15) is 9.90 Å². The number of aliphatic hydroxyl groups is 1. The number of aliphatic imine (C=N–C) groups is 1. The van der Waals surface area contributed by atoms with Crippen molar-refractivity contribution >= 4 is 19.2 Å². The van der Waals surface area contributed by atoms with E-state index in [1.54, 1.807) is 6.21 Å². The van der Waals surface area contributed by atoms with E-state index in [4.69, 9.17) is 0 Å². The number of nitrogens with zero attached hydrogens (tertiary/aromatic N) is 1. The average molecular weight is 193 g/mol. The van der Waals surface area contributed by atoms with Crippen molar-refractivity contribution in [3.05, 3.63) is 11.3 Å². The lowest BCUT2D eigenvalue weighted by Gasteiger charge is -2.30. The van der Waals surface area contributed by atoms with Crippen LogP contribution in [0.4, 0.5) is 0 Å². The molecule has 76 valence electrons. The van der Waals surface area contributed by atoms with E-state index in [-0.39, 0.29) is 17.6 Å². The molecule has 0 radical (unpaired) electrons. The fourth-order valence-electron chi connectivity index (χ4n) is 1.69. The summed E-state index contributed by atoms with van der Waals surface area (Å²) in [5.74, 6) is 0. The molecule has 1 unspecified atom stereocenters. The summed E-state index contributed by atoms with van der Waals surface area (Å²) in [6, 6.07) is 0. The van der Waals surface area contributed by atoms with E-state index in [1.165, 1.54) is 0 Å². The smallest absolute Gasteiger partial charge is 0.220 e. The second-order valence-electron chi connectivity index (χ2n) is 4.20. The van der Waals surface area contributed by atoms with Crippen LogP contribution in [0, 0.1) is 0 Å². The second kappa shape index (κ2) is 4.09. The number of carbonyl (C=O) groups excluding carboxylic acids is 1. The fraction of sp³-hybridized carbons (Fsp3) is 0.600. The molecule has 0 bridgehead atoms. The molecule has 0 aromatic carbocycles. The minimum atomic E-state index is -0.321. The lowest BCUT2D eigenvalue weighted by atomic mass is 9.45. The first kappa shape index (κ1) is 11.2. The summed E-state index contributed by atoms with van der Waals surface area (Å²) >= 11 is 0. The summed E-state index contributed by atoms with van der Waals surface area (Å²) in [5, 5.41) is 8.89. The first-order valence-corrected chi connectivity index (χ1v) is 4.85. The van der Waals surface area contributed by atoms with E-state index in [0.29, 0.717) is 13.7 Å². The predicted octanol–water partition coefficient (Wildman–Crippen LogP) is 0.889. The maximum absolute atomic E-state index is 11.6. The molecular weight excluding hydrogens is 177 g/mol. The Bertz CT molecular complexity index is 309. The van der Waals surface area contributed by atoms with Gasteiger partial charge in [-0.15, -0.1) is 0 Å². The van der Waals surface area contributed by atoms with Crippen LogP contribution in [0.15, 0.2) is 16.3 Å². The van der Waals surface area contributed by atoms with Gasteiger partial charge in [0, 0.05) is 24.1 Å². The van der Waals surface area contributed by atoms with Gasteiger partial charge >= 0.3 is 0 Å². The molecule has 0 aromatic rings. The molecule has 1 aliphatic rings. The van der Waals surface area contributed by atoms with Gasteiger partial charge < -0.3 is 9.90 Å². The van der Waals surface area contributed by atoms with Crippen LogP contribution in [-0.2, 0) is 4.79 Å². The van der Waals surface area contributed by atoms with Crippen molar-refractivity contribution in [2.24, 2.45) is 4.99 Å². The van der Waals surface area contributed by atoms with Crippen LogP contribution in [0.5, 0.6) is 0 Å². The summed E-state index contributed by atoms with van der Waals surface area (Å²) in [6.07, 6.45) is 2.38. The maximum atomic E-state index is 11.6. The zero-order valence-electron chi connectivity index (χ0n) is 9.00. The zero-order valence-corrected chi connectivity index (χ0v) is 9.00. The minimum absolute atomic E-state index is 0.0365. The third-order valence-corrected chi connectivity index (χ3v) is 2.70. The Morgan fingerprint density at radius 3 is 2.86 bits per heavy atom. The van der Waals surface area contributed by atoms with Gasteiger partial charge in [0.25, 0.3) is 0 Å². The Morgan fingerprint density at radius 2 is 2.36 bits per heavy atom. The molecule has 0 saturated carbocycles. The Balaban J connectivity index is 3.02. The van der Waals surface area contributed by atoms with Crippen LogP contribution in [-0.4, -0.2) is 30.9 Å². The fourth-order valence-corrected chi connectivity index (χ4v) is 1.69. The van der Waals surface area contributed by atoms with Gasteiger partial charge in [-0.05, 0) is 25.6 Å². The van der Waals surface area contributed by atoms with Crippen LogP contribution < -0.4 is 0 Å². The van der Waals surface area contributed by atoms with E-state index < -0.39 is 0 Å². The van der Waals surface area contributed by atoms with Crippen molar-refractivity contribution in [3.8, 4) is 0 Å². The molecule has 0 aliphatic carbocycles. The molecule has 1 heterocycles. The molecule has 0 saturated heterocycles. The highest BCUT2D eigenvalue weighted by Crippen LogP contribution is 2.37. The van der Waals surface area contributed by atoms with Gasteiger partial charge in [-0.25, -0.2) is 0 Å². The molecular formula is C10H16BNO2. The number of carbonyl (C=O) groups is 1. The summed E-state index contributed by atoms with van der Waals surface area (Å²) in [7, 11) is 0.429. The zero-order chi connectivity index (χ0) is 10.8. The van der Waals surface area contributed by atoms with Gasteiger partial charge in [-0.2, -0.15) is 0 Å². The predicted molar refractivity (Wildman–Crippen MR) is 59.1 cm³/mol. The average Bonchev–Trinajstić information content (AvgIpc) is 2.14. The molecule has 4 heteroatoms. The van der Waals surface area contributed by atoms with Crippen LogP contribution in [0.2, 0.25) is 5.31 Å². The normalized spacial score (nSPS) is 28.4. The van der Waals surface area contributed by atoms with Crippen molar-refractivity contribution in [3.63, 3.8) is 0 Å². The maximum Gasteiger partial charge on any atom is 0.220 e. The number of aliphatic hydroxyl groups excluding tert-OH is 1. The van der Waals surface area contributed by atoms with Gasteiger partial charge in [-0.1, -0.05) is 6.92 Å². The number of allylic oxidation sites excluding steroid dienone is 2. The van der Waals surface area contributed by atoms with Gasteiger partial charge in [-0.3, -0.25) is 4.99 Å². The topological polar surface area (TPSA) is 49.7 Å². The largest absolute Gasteiger partial charge is 0.397 e. The highest BCUT2D eigenvalue weighted by molar-refractivity contribution is 6.80. The first-order valence-electron chi connectivity index (χ1n) is 4.85. The SMILES string of the molecule is C/C=N\C1=C(C)C(=O)BC(C)(CO)C1. The second-order valence-corrected chi connectivity index (χ2v) is 4.20. The third-order valence-electron chi connectivity index (χ3n) is 2.70. The molecule has 1 atom stereocenters. The lowest BCUT2D eigenvalue weighted by Crippen LogP contribution is -2.33. The quantitative estimate of drug-likeness (QED) is 0.522. The molecule has 0 amide bonds. The van der Waals surface area contributed by atoms with Crippen LogP contribution in [0.25, 0.3) is 0 Å². The monoisotopic (exact) mass is 193 g/mol. The molecule has 0 fully saturated rings. The van der Waals surface area contributed by atoms with E-state index in [0.717, 1.165) is 11.3 Å². The Morgan fingerprint density at radius 1 is 1.71 bits per heavy atom. The molecule has 0 aromatic heterocycles. The number of rotatable bonds is 2. The summed E-state index contributed by atoms with van der Waals surface area (Å²) in [5.41, 5.74) is 1.67. The first-order chi connectivity index (χ1) is 6.52. The molecule has 1 rings (SSSR count). The van der Waals surface area contributed by atoms with E-state index in [2.05, 4.69) is 4.99 Å². The highest BCUT2D eigenvalue weighted by Gasteiger charge is 2.35. The molecule has 3 nitrogen and oxygen atoms in total. The number of hydrogen-bond donors (Lipinski definition) is 1. The van der Waals surface area contributed by atoms with Gasteiger partial charge in [0.1, 0.15) is 5.68 Å². The van der Waals surface area contributed by atoms with Crippen LogP contribution in [0.3, 0.4) is 0 Å². The lowest BCUT2D eigenvalue weighted by molar-refractivity contribution is -0.109. The summed E-state index contributed by atoms with van der Waals surface area (Å²) < 4.78 is 0. The van der Waals surface area contributed by atoms with Crippen molar-refractivity contribution < 1.29 is 9.90 Å². The Labute approximate surface area is 85.2 Å². The third kappa shape index (κ3) is 2.12. The van der Waals surface area contributed by atoms with Crippen LogP contribution in [0.1, 0.15) is 27.2 Å². The molecule has 1 N–H and O–H groups in total. The highest BCUT2D eigenvalue weighted by atomic mass is 16.3. The van der Waals surface area contributed by atoms with Crippen molar-refractivity contribution in [2.75, 3.05) is 6.61 Å². The van der Waals surface area contributed by atoms with Gasteiger partial charge in [0.2, 0.25) is 7.28 Å². The van der Waals surface area contributed by atoms with Crippen LogP contribution >= 0.6 is 0 Å². The minimum Gasteiger partial charge on any atom is -0.397 e. The Hall–Kier alpha value is -0.895. The van der Waals surface area contributed by atoms with Crippen molar-refractivity contribution in [1.82, 2.24) is 0 Å². The molecule has 0 spiro atoms. The van der Waals surface area contributed by atoms with Gasteiger partial charge in [0.05, 0.1) is 0 Å². The van der Waals surface area contributed by atoms with E-state index in [1.807, 2.05) is 20.8 Å². The Kier molecular flexibility index (Phi) is 3.27. The molecule has 14 heavy (non-hydrogen) atoms. The van der Waals surface area contributed by atoms with E-state index >= 15 is 0 Å². The van der Waals surface area contributed by atoms with Gasteiger partial charge in [0.15, 0.2) is 0 Å². The number of hydrogen-bond acceptors (Lipinski definition) is 3. The summed E-state index contributed by atoms with van der Waals surface area (Å²) in [4.78, 5) is 15.8. The molecule has 1 aliphatic heterocycles.